The van der Waals surface area contributed by atoms with Crippen LogP contribution in [-0.4, -0.2) is 38.3 Å². The van der Waals surface area contributed by atoms with Crippen LogP contribution < -0.4 is 4.90 Å². The molecule has 0 unspecified atom stereocenters. The molecule has 0 spiro atoms. The van der Waals surface area contributed by atoms with Gasteiger partial charge in [-0.05, 0) is 74.4 Å². The summed E-state index contributed by atoms with van der Waals surface area (Å²) in [5.74, 6) is -0.749. The highest BCUT2D eigenvalue weighted by molar-refractivity contribution is 7.89. The summed E-state index contributed by atoms with van der Waals surface area (Å²) in [7, 11) is -3.58. The second-order valence-corrected chi connectivity index (χ2v) is 10.2. The predicted molar refractivity (Wildman–Crippen MR) is 114 cm³/mol. The van der Waals surface area contributed by atoms with Crippen molar-refractivity contribution < 1.29 is 17.6 Å². The van der Waals surface area contributed by atoms with Crippen LogP contribution in [0.25, 0.3) is 0 Å². The van der Waals surface area contributed by atoms with E-state index in [-0.39, 0.29) is 17.6 Å². The minimum absolute atomic E-state index is 0.0933. The van der Waals surface area contributed by atoms with Crippen molar-refractivity contribution in [1.82, 2.24) is 4.31 Å². The number of halogens is 1. The molecule has 2 heterocycles. The average Bonchev–Trinajstić information content (AvgIpc) is 2.75. The van der Waals surface area contributed by atoms with Gasteiger partial charge in [-0.15, -0.1) is 0 Å². The highest BCUT2D eigenvalue weighted by atomic mass is 32.2. The van der Waals surface area contributed by atoms with E-state index in [1.54, 1.807) is 23.1 Å². The number of sulfonamides is 1. The van der Waals surface area contributed by atoms with Crippen LogP contribution >= 0.6 is 0 Å². The maximum atomic E-state index is 14.4. The summed E-state index contributed by atoms with van der Waals surface area (Å²) < 4.78 is 41.9. The minimum Gasteiger partial charge on any atom is -0.309 e. The molecule has 5 nitrogen and oxygen atoms in total. The predicted octanol–water partition coefficient (Wildman–Crippen LogP) is 3.82. The summed E-state index contributed by atoms with van der Waals surface area (Å²) in [6, 6.07) is 10.1. The molecule has 4 rings (SSSR count). The highest BCUT2D eigenvalue weighted by Gasteiger charge is 2.36. The number of piperidine rings is 1. The zero-order valence-electron chi connectivity index (χ0n) is 17.4. The molecule has 0 aromatic heterocycles. The van der Waals surface area contributed by atoms with Gasteiger partial charge in [-0.25, -0.2) is 12.8 Å². The van der Waals surface area contributed by atoms with Crippen LogP contribution in [-0.2, 0) is 21.2 Å². The SMILES string of the molecule is Cc1ccc(S(=O)(=O)N2CCC(C(=O)N3CCCc4cccc(F)c43)CC2)cc1C. The number of amides is 1. The lowest BCUT2D eigenvalue weighted by Crippen LogP contribution is -2.46. The Morgan fingerprint density at radius 1 is 1.03 bits per heavy atom. The van der Waals surface area contributed by atoms with E-state index in [0.29, 0.717) is 43.1 Å². The topological polar surface area (TPSA) is 57.7 Å². The van der Waals surface area contributed by atoms with E-state index in [1.807, 2.05) is 26.0 Å². The van der Waals surface area contributed by atoms with Crippen LogP contribution in [0.15, 0.2) is 41.3 Å². The number of fused-ring (bicyclic) bond motifs is 1. The molecule has 7 heteroatoms. The number of benzene rings is 2. The minimum atomic E-state index is -3.58. The summed E-state index contributed by atoms with van der Waals surface area (Å²) in [5, 5.41) is 0. The van der Waals surface area contributed by atoms with Gasteiger partial charge in [-0.1, -0.05) is 18.2 Å². The standard InChI is InChI=1S/C23H27FN2O3S/c1-16-8-9-20(15-17(16)2)30(28,29)25-13-10-19(11-14-25)23(27)26-12-4-6-18-5-3-7-21(24)22(18)26/h3,5,7-9,15,19H,4,6,10-14H2,1-2H3. The second kappa shape index (κ2) is 8.12. The van der Waals surface area contributed by atoms with Gasteiger partial charge in [0.05, 0.1) is 10.6 Å². The van der Waals surface area contributed by atoms with Gasteiger partial charge in [-0.2, -0.15) is 4.31 Å². The Hall–Kier alpha value is -2.25. The number of para-hydroxylation sites is 1. The lowest BCUT2D eigenvalue weighted by molar-refractivity contribution is -0.123. The third-order valence-electron chi connectivity index (χ3n) is 6.35. The summed E-state index contributed by atoms with van der Waals surface area (Å²) in [5.41, 5.74) is 3.25. The van der Waals surface area contributed by atoms with E-state index in [2.05, 4.69) is 0 Å². The van der Waals surface area contributed by atoms with E-state index >= 15 is 0 Å². The molecule has 2 aliphatic rings. The van der Waals surface area contributed by atoms with Crippen LogP contribution in [0, 0.1) is 25.6 Å². The van der Waals surface area contributed by atoms with Crippen molar-refractivity contribution in [3.63, 3.8) is 0 Å². The number of nitrogens with zero attached hydrogens (tertiary/aromatic N) is 2. The van der Waals surface area contributed by atoms with Crippen molar-refractivity contribution in [2.24, 2.45) is 5.92 Å². The molecule has 0 atom stereocenters. The molecular formula is C23H27FN2O3S. The molecule has 2 aromatic rings. The third-order valence-corrected chi connectivity index (χ3v) is 8.25. The molecule has 1 fully saturated rings. The number of rotatable bonds is 3. The fraction of sp³-hybridized carbons (Fsp3) is 0.435. The van der Waals surface area contributed by atoms with Gasteiger partial charge in [0.1, 0.15) is 5.82 Å². The van der Waals surface area contributed by atoms with Gasteiger partial charge in [0, 0.05) is 25.6 Å². The van der Waals surface area contributed by atoms with E-state index in [0.717, 1.165) is 29.5 Å². The van der Waals surface area contributed by atoms with E-state index < -0.39 is 10.0 Å². The van der Waals surface area contributed by atoms with Crippen molar-refractivity contribution in [2.75, 3.05) is 24.5 Å². The summed E-state index contributed by atoms with van der Waals surface area (Å²) in [6.07, 6.45) is 2.47. The van der Waals surface area contributed by atoms with Gasteiger partial charge >= 0.3 is 0 Å². The Balaban J connectivity index is 1.48. The smallest absolute Gasteiger partial charge is 0.243 e. The molecule has 0 saturated carbocycles. The Morgan fingerprint density at radius 3 is 2.47 bits per heavy atom. The first kappa shape index (κ1) is 21.0. The monoisotopic (exact) mass is 430 g/mol. The van der Waals surface area contributed by atoms with Crippen LogP contribution in [0.3, 0.4) is 0 Å². The summed E-state index contributed by atoms with van der Waals surface area (Å²) >= 11 is 0. The first-order valence-electron chi connectivity index (χ1n) is 10.4. The number of carbonyl (C=O) groups excluding carboxylic acids is 1. The largest absolute Gasteiger partial charge is 0.309 e. The lowest BCUT2D eigenvalue weighted by Gasteiger charge is -2.36. The lowest BCUT2D eigenvalue weighted by atomic mass is 9.94. The van der Waals surface area contributed by atoms with Gasteiger partial charge in [-0.3, -0.25) is 4.79 Å². The van der Waals surface area contributed by atoms with Crippen LogP contribution in [0.5, 0.6) is 0 Å². The fourth-order valence-corrected chi connectivity index (χ4v) is 5.97. The average molecular weight is 431 g/mol. The second-order valence-electron chi connectivity index (χ2n) is 8.27. The van der Waals surface area contributed by atoms with E-state index in [1.165, 1.54) is 10.4 Å². The summed E-state index contributed by atoms with van der Waals surface area (Å²) in [6.45, 7) is 4.94. The molecule has 0 N–H and O–H groups in total. The Labute approximate surface area is 177 Å². The first-order chi connectivity index (χ1) is 14.3. The fourth-order valence-electron chi connectivity index (χ4n) is 4.41. The molecule has 1 saturated heterocycles. The number of carbonyl (C=O) groups is 1. The van der Waals surface area contributed by atoms with Crippen molar-refractivity contribution in [1.29, 1.82) is 0 Å². The number of hydrogen-bond acceptors (Lipinski definition) is 3. The quantitative estimate of drug-likeness (QED) is 0.744. The molecule has 0 radical (unpaired) electrons. The van der Waals surface area contributed by atoms with Crippen molar-refractivity contribution in [3.8, 4) is 0 Å². The van der Waals surface area contributed by atoms with E-state index in [4.69, 9.17) is 0 Å². The van der Waals surface area contributed by atoms with Crippen molar-refractivity contribution >= 4 is 21.6 Å². The molecular weight excluding hydrogens is 403 g/mol. The molecule has 2 aromatic carbocycles. The summed E-state index contributed by atoms with van der Waals surface area (Å²) in [4.78, 5) is 15.0. The zero-order chi connectivity index (χ0) is 21.5. The van der Waals surface area contributed by atoms with Crippen molar-refractivity contribution in [3.05, 3.63) is 58.9 Å². The van der Waals surface area contributed by atoms with Gasteiger partial charge in [0.25, 0.3) is 0 Å². The zero-order valence-corrected chi connectivity index (χ0v) is 18.2. The van der Waals surface area contributed by atoms with Gasteiger partial charge < -0.3 is 4.90 Å². The molecule has 0 aliphatic carbocycles. The normalized spacial score (nSPS) is 18.3. The molecule has 160 valence electrons. The number of aryl methyl sites for hydroxylation is 3. The Kier molecular flexibility index (Phi) is 5.68. The van der Waals surface area contributed by atoms with Crippen molar-refractivity contribution in [2.45, 2.75) is 44.4 Å². The third kappa shape index (κ3) is 3.76. The van der Waals surface area contributed by atoms with Crippen LogP contribution in [0.2, 0.25) is 0 Å². The van der Waals surface area contributed by atoms with Crippen LogP contribution in [0.4, 0.5) is 10.1 Å². The first-order valence-corrected chi connectivity index (χ1v) is 11.9. The number of hydrogen-bond donors (Lipinski definition) is 0. The maximum Gasteiger partial charge on any atom is 0.243 e. The Morgan fingerprint density at radius 2 is 1.77 bits per heavy atom. The molecule has 30 heavy (non-hydrogen) atoms. The van der Waals surface area contributed by atoms with Gasteiger partial charge in [0.2, 0.25) is 15.9 Å². The molecule has 1 amide bonds. The maximum absolute atomic E-state index is 14.4. The molecule has 0 bridgehead atoms. The van der Waals surface area contributed by atoms with E-state index in [9.17, 15) is 17.6 Å². The molecule has 2 aliphatic heterocycles. The Bertz CT molecular complexity index is 1080. The van der Waals surface area contributed by atoms with Gasteiger partial charge in [0.15, 0.2) is 0 Å². The van der Waals surface area contributed by atoms with Crippen LogP contribution in [0.1, 0.15) is 36.0 Å². The highest BCUT2D eigenvalue weighted by Crippen LogP contribution is 2.33. The number of anilines is 1.